The fraction of sp³-hybridized carbons (Fsp3) is 0.273. The highest BCUT2D eigenvalue weighted by atomic mass is 32.1. The van der Waals surface area contributed by atoms with Crippen LogP contribution in [0.2, 0.25) is 0 Å². The van der Waals surface area contributed by atoms with Crippen LogP contribution in [-0.4, -0.2) is 36.6 Å². The first-order chi connectivity index (χ1) is 15.4. The molecule has 0 atom stereocenters. The number of fused-ring (bicyclic) bond motifs is 1. The van der Waals surface area contributed by atoms with Crippen molar-refractivity contribution in [2.24, 2.45) is 14.1 Å². The zero-order valence-electron chi connectivity index (χ0n) is 18.0. The Hall–Kier alpha value is -3.66. The van der Waals surface area contributed by atoms with E-state index in [1.165, 1.54) is 29.3 Å². The number of nitrogens with zero attached hydrogens (tertiary/aromatic N) is 5. The summed E-state index contributed by atoms with van der Waals surface area (Å²) in [6.07, 6.45) is 1.47. The molecule has 0 fully saturated rings. The molecule has 4 rings (SSSR count). The minimum atomic E-state index is -0.581. The number of aryl methyl sites for hydroxylation is 2. The lowest BCUT2D eigenvalue weighted by molar-refractivity contribution is -0.133. The third kappa shape index (κ3) is 3.96. The molecule has 1 amide bonds. The van der Waals surface area contributed by atoms with Crippen LogP contribution in [0.3, 0.4) is 0 Å². The minimum Gasteiger partial charge on any atom is -0.496 e. The van der Waals surface area contributed by atoms with Crippen molar-refractivity contribution in [3.8, 4) is 5.75 Å². The van der Waals surface area contributed by atoms with E-state index >= 15 is 0 Å². The fourth-order valence-electron chi connectivity index (χ4n) is 3.63. The molecule has 0 bridgehead atoms. The molecule has 0 saturated heterocycles. The number of para-hydroxylation sites is 1. The molecule has 166 valence electrons. The van der Waals surface area contributed by atoms with E-state index in [2.05, 4.69) is 4.98 Å². The Morgan fingerprint density at radius 2 is 1.91 bits per heavy atom. The number of hydrogen-bond donors (Lipinski definition) is 0. The first-order valence-electron chi connectivity index (χ1n) is 9.93. The van der Waals surface area contributed by atoms with Gasteiger partial charge in [0.25, 0.3) is 5.56 Å². The molecule has 0 spiro atoms. The van der Waals surface area contributed by atoms with Gasteiger partial charge in [0.15, 0.2) is 11.2 Å². The molecule has 1 aromatic carbocycles. The maximum Gasteiger partial charge on any atom is 0.332 e. The minimum absolute atomic E-state index is 0.273. The van der Waals surface area contributed by atoms with Gasteiger partial charge in [0.1, 0.15) is 12.3 Å². The Bertz CT molecular complexity index is 1380. The highest BCUT2D eigenvalue weighted by Gasteiger charge is 2.22. The number of imidazole rings is 1. The summed E-state index contributed by atoms with van der Waals surface area (Å²) in [7, 11) is 4.80. The molecule has 0 aliphatic heterocycles. The third-order valence-corrected chi connectivity index (χ3v) is 6.19. The fourth-order valence-corrected chi connectivity index (χ4v) is 4.35. The van der Waals surface area contributed by atoms with Crippen LogP contribution in [0, 0.1) is 0 Å². The molecule has 0 N–H and O–H groups in total. The van der Waals surface area contributed by atoms with Crippen molar-refractivity contribution in [2.75, 3.05) is 7.11 Å². The highest BCUT2D eigenvalue weighted by Crippen LogP contribution is 2.21. The van der Waals surface area contributed by atoms with E-state index < -0.39 is 11.2 Å². The van der Waals surface area contributed by atoms with Crippen molar-refractivity contribution in [1.82, 2.24) is 23.6 Å². The van der Waals surface area contributed by atoms with Crippen molar-refractivity contribution in [3.63, 3.8) is 0 Å². The third-order valence-electron chi connectivity index (χ3n) is 5.33. The normalized spacial score (nSPS) is 11.1. The van der Waals surface area contributed by atoms with Gasteiger partial charge in [-0.2, -0.15) is 0 Å². The zero-order valence-corrected chi connectivity index (χ0v) is 18.8. The quantitative estimate of drug-likeness (QED) is 0.425. The second-order valence-electron chi connectivity index (χ2n) is 7.40. The topological polar surface area (TPSA) is 91.4 Å². The lowest BCUT2D eigenvalue weighted by atomic mass is 10.2. The van der Waals surface area contributed by atoms with E-state index in [1.807, 2.05) is 41.8 Å². The van der Waals surface area contributed by atoms with Gasteiger partial charge in [0.05, 0.1) is 20.0 Å². The molecule has 0 aliphatic carbocycles. The molecular formula is C22H23N5O4S. The summed E-state index contributed by atoms with van der Waals surface area (Å²) in [5.74, 6) is 0.325. The van der Waals surface area contributed by atoms with Crippen LogP contribution in [0.25, 0.3) is 11.2 Å². The van der Waals surface area contributed by atoms with Gasteiger partial charge in [0, 0.05) is 31.1 Å². The van der Waals surface area contributed by atoms with Gasteiger partial charge < -0.3 is 14.2 Å². The van der Waals surface area contributed by atoms with Gasteiger partial charge in [-0.15, -0.1) is 11.3 Å². The van der Waals surface area contributed by atoms with Gasteiger partial charge in [-0.25, -0.2) is 14.3 Å². The molecular weight excluding hydrogens is 430 g/mol. The number of benzene rings is 1. The first-order valence-corrected chi connectivity index (χ1v) is 10.8. The molecule has 0 aliphatic rings. The maximum atomic E-state index is 13.4. The molecule has 0 unspecified atom stereocenters. The molecule has 0 saturated carbocycles. The van der Waals surface area contributed by atoms with Crippen LogP contribution in [-0.2, 0) is 38.5 Å². The maximum absolute atomic E-state index is 13.4. The summed E-state index contributed by atoms with van der Waals surface area (Å²) in [6, 6.07) is 11.3. The molecule has 3 aromatic heterocycles. The molecule has 32 heavy (non-hydrogen) atoms. The second-order valence-corrected chi connectivity index (χ2v) is 8.43. The second kappa shape index (κ2) is 8.83. The Morgan fingerprint density at radius 3 is 2.62 bits per heavy atom. The summed E-state index contributed by atoms with van der Waals surface area (Å²) in [6.45, 7) is 0.272. The number of hydrogen-bond acceptors (Lipinski definition) is 6. The summed E-state index contributed by atoms with van der Waals surface area (Å²) >= 11 is 1.54. The number of carbonyl (C=O) groups excluding carboxylic acids is 1. The Kier molecular flexibility index (Phi) is 5.95. The number of amides is 1. The molecule has 4 aromatic rings. The summed E-state index contributed by atoms with van der Waals surface area (Å²) < 4.78 is 9.24. The van der Waals surface area contributed by atoms with E-state index in [1.54, 1.807) is 23.6 Å². The lowest BCUT2D eigenvalue weighted by Crippen LogP contribution is -2.44. The Morgan fingerprint density at radius 1 is 1.12 bits per heavy atom. The smallest absolute Gasteiger partial charge is 0.332 e. The van der Waals surface area contributed by atoms with E-state index in [0.29, 0.717) is 12.3 Å². The number of methoxy groups -OCH3 is 1. The van der Waals surface area contributed by atoms with Crippen LogP contribution in [0.5, 0.6) is 5.75 Å². The van der Waals surface area contributed by atoms with Crippen LogP contribution in [0.1, 0.15) is 10.4 Å². The van der Waals surface area contributed by atoms with Crippen LogP contribution < -0.4 is 16.0 Å². The van der Waals surface area contributed by atoms with Gasteiger partial charge in [-0.05, 0) is 17.5 Å². The van der Waals surface area contributed by atoms with Crippen LogP contribution in [0.4, 0.5) is 0 Å². The number of ether oxygens (including phenoxy) is 1. The first kappa shape index (κ1) is 21.6. The Balaban J connectivity index is 1.71. The van der Waals surface area contributed by atoms with Crippen molar-refractivity contribution in [1.29, 1.82) is 0 Å². The van der Waals surface area contributed by atoms with Crippen molar-refractivity contribution in [2.45, 2.75) is 19.6 Å². The zero-order chi connectivity index (χ0) is 22.8. The van der Waals surface area contributed by atoms with E-state index in [0.717, 1.165) is 15.0 Å². The van der Waals surface area contributed by atoms with E-state index in [-0.39, 0.29) is 30.2 Å². The lowest BCUT2D eigenvalue weighted by Gasteiger charge is -2.23. The summed E-state index contributed by atoms with van der Waals surface area (Å²) in [5, 5.41) is 1.94. The van der Waals surface area contributed by atoms with Crippen molar-refractivity contribution in [3.05, 3.63) is 79.4 Å². The van der Waals surface area contributed by atoms with Gasteiger partial charge >= 0.3 is 5.69 Å². The van der Waals surface area contributed by atoms with E-state index in [9.17, 15) is 14.4 Å². The SMILES string of the molecule is COc1ccccc1CN(Cc1cccs1)C(=O)Cn1c(=O)c2c(ncn2C)n(C)c1=O. The monoisotopic (exact) mass is 453 g/mol. The average Bonchev–Trinajstić information content (AvgIpc) is 3.44. The van der Waals surface area contributed by atoms with Crippen molar-refractivity contribution >= 4 is 28.4 Å². The van der Waals surface area contributed by atoms with Crippen LogP contribution >= 0.6 is 11.3 Å². The predicted molar refractivity (Wildman–Crippen MR) is 122 cm³/mol. The molecule has 0 radical (unpaired) electrons. The van der Waals surface area contributed by atoms with Crippen molar-refractivity contribution < 1.29 is 9.53 Å². The number of rotatable bonds is 7. The number of thiophene rings is 1. The van der Waals surface area contributed by atoms with Crippen LogP contribution in [0.15, 0.2) is 57.7 Å². The van der Waals surface area contributed by atoms with Gasteiger partial charge in [-0.3, -0.25) is 14.2 Å². The van der Waals surface area contributed by atoms with E-state index in [4.69, 9.17) is 4.74 Å². The van der Waals surface area contributed by atoms with Gasteiger partial charge in [0.2, 0.25) is 5.91 Å². The largest absolute Gasteiger partial charge is 0.496 e. The summed E-state index contributed by atoms with van der Waals surface area (Å²) in [4.78, 5) is 46.0. The highest BCUT2D eigenvalue weighted by molar-refractivity contribution is 7.09. The average molecular weight is 454 g/mol. The number of aromatic nitrogens is 4. The molecule has 10 heteroatoms. The Labute approximate surface area is 187 Å². The standard InChI is InChI=1S/C22H23N5O4S/c1-24-14-23-20-19(24)21(29)27(22(30)25(20)2)13-18(28)26(12-16-8-6-10-32-16)11-15-7-4-5-9-17(15)31-3/h4-10,14H,11-13H2,1-3H3. The predicted octanol–water partition coefficient (Wildman–Crippen LogP) is 1.73. The van der Waals surface area contributed by atoms with Gasteiger partial charge in [-0.1, -0.05) is 24.3 Å². The molecule has 3 heterocycles. The number of carbonyl (C=O) groups is 1. The summed E-state index contributed by atoms with van der Waals surface area (Å²) in [5.41, 5.74) is 0.278. The molecule has 9 nitrogen and oxygen atoms in total.